The molecular formula is C13H15BrO2. The lowest BCUT2D eigenvalue weighted by Gasteiger charge is -2.34. The van der Waals surface area contributed by atoms with E-state index >= 15 is 0 Å². The fourth-order valence-electron chi connectivity index (χ4n) is 2.68. The van der Waals surface area contributed by atoms with Gasteiger partial charge in [-0.2, -0.15) is 0 Å². The third kappa shape index (κ3) is 1.62. The Morgan fingerprint density at radius 3 is 2.81 bits per heavy atom. The van der Waals surface area contributed by atoms with E-state index in [0.29, 0.717) is 0 Å². The Labute approximate surface area is 104 Å². The molecule has 1 fully saturated rings. The summed E-state index contributed by atoms with van der Waals surface area (Å²) in [4.78, 5) is 0. The molecule has 0 unspecified atom stereocenters. The van der Waals surface area contributed by atoms with E-state index in [1.54, 1.807) is 0 Å². The number of alkyl halides is 1. The minimum atomic E-state index is -0.425. The molecule has 0 N–H and O–H groups in total. The van der Waals surface area contributed by atoms with Crippen LogP contribution in [0.25, 0.3) is 0 Å². The minimum Gasteiger partial charge on any atom is -0.343 e. The molecule has 0 aromatic heterocycles. The van der Waals surface area contributed by atoms with Gasteiger partial charge < -0.3 is 9.47 Å². The lowest BCUT2D eigenvalue weighted by molar-refractivity contribution is -0.175. The molecule has 2 aliphatic rings. The molecule has 86 valence electrons. The molecular weight excluding hydrogens is 268 g/mol. The van der Waals surface area contributed by atoms with Crippen LogP contribution in [-0.2, 0) is 27.0 Å². The second-order valence-corrected chi connectivity index (χ2v) is 4.99. The fourth-order valence-corrected chi connectivity index (χ4v) is 3.03. The van der Waals surface area contributed by atoms with Crippen molar-refractivity contribution in [3.05, 3.63) is 34.9 Å². The van der Waals surface area contributed by atoms with E-state index in [-0.39, 0.29) is 0 Å². The predicted molar refractivity (Wildman–Crippen MR) is 65.6 cm³/mol. The molecule has 0 saturated carbocycles. The highest BCUT2D eigenvalue weighted by Gasteiger charge is 2.41. The maximum absolute atomic E-state index is 5.87. The standard InChI is InChI=1S/C13H15BrO2/c14-9-10-3-4-11-2-1-5-13(12(11)8-10)15-6-7-16-13/h3-4,8H,1-2,5-7,9H2. The normalized spacial score (nSPS) is 22.3. The number of ether oxygens (including phenoxy) is 2. The highest BCUT2D eigenvalue weighted by Crippen LogP contribution is 2.42. The zero-order valence-corrected chi connectivity index (χ0v) is 10.8. The smallest absolute Gasteiger partial charge is 0.195 e. The van der Waals surface area contributed by atoms with Crippen molar-refractivity contribution in [1.29, 1.82) is 0 Å². The molecule has 1 spiro atoms. The van der Waals surface area contributed by atoms with Gasteiger partial charge >= 0.3 is 0 Å². The molecule has 1 aromatic carbocycles. The van der Waals surface area contributed by atoms with E-state index < -0.39 is 5.79 Å². The van der Waals surface area contributed by atoms with Gasteiger partial charge in [-0.25, -0.2) is 0 Å². The van der Waals surface area contributed by atoms with E-state index in [1.807, 2.05) is 0 Å². The molecule has 0 atom stereocenters. The third-order valence-corrected chi connectivity index (χ3v) is 4.09. The molecule has 16 heavy (non-hydrogen) atoms. The zero-order chi connectivity index (χ0) is 11.0. The first-order chi connectivity index (χ1) is 7.84. The van der Waals surface area contributed by atoms with Gasteiger partial charge in [0.1, 0.15) is 0 Å². The number of hydrogen-bond donors (Lipinski definition) is 0. The minimum absolute atomic E-state index is 0.425. The summed E-state index contributed by atoms with van der Waals surface area (Å²) in [6.07, 6.45) is 3.29. The number of hydrogen-bond acceptors (Lipinski definition) is 2. The summed E-state index contributed by atoms with van der Waals surface area (Å²) in [5.74, 6) is -0.425. The highest BCUT2D eigenvalue weighted by atomic mass is 79.9. The summed E-state index contributed by atoms with van der Waals surface area (Å²) in [5.41, 5.74) is 3.94. The van der Waals surface area contributed by atoms with Gasteiger partial charge in [-0.3, -0.25) is 0 Å². The van der Waals surface area contributed by atoms with Gasteiger partial charge in [0.05, 0.1) is 13.2 Å². The number of fused-ring (bicyclic) bond motifs is 2. The van der Waals surface area contributed by atoms with Crippen LogP contribution in [0, 0.1) is 0 Å². The molecule has 0 radical (unpaired) electrons. The van der Waals surface area contributed by atoms with Gasteiger partial charge in [0, 0.05) is 17.3 Å². The van der Waals surface area contributed by atoms with Crippen molar-refractivity contribution < 1.29 is 9.47 Å². The van der Waals surface area contributed by atoms with Crippen LogP contribution in [0.15, 0.2) is 18.2 Å². The molecule has 1 aliphatic heterocycles. The van der Waals surface area contributed by atoms with Crippen molar-refractivity contribution in [2.45, 2.75) is 30.4 Å². The molecule has 1 aliphatic carbocycles. The summed E-state index contributed by atoms with van der Waals surface area (Å²) < 4.78 is 11.7. The summed E-state index contributed by atoms with van der Waals surface area (Å²) in [5, 5.41) is 0.885. The second-order valence-electron chi connectivity index (χ2n) is 4.43. The Kier molecular flexibility index (Phi) is 2.78. The average molecular weight is 283 g/mol. The van der Waals surface area contributed by atoms with E-state index in [4.69, 9.17) is 9.47 Å². The molecule has 0 amide bonds. The molecule has 3 heteroatoms. The number of aryl methyl sites for hydroxylation is 1. The molecule has 0 bridgehead atoms. The van der Waals surface area contributed by atoms with Crippen molar-refractivity contribution in [2.24, 2.45) is 0 Å². The van der Waals surface area contributed by atoms with Crippen LogP contribution in [0.5, 0.6) is 0 Å². The van der Waals surface area contributed by atoms with Gasteiger partial charge in [-0.15, -0.1) is 0 Å². The Morgan fingerprint density at radius 1 is 1.25 bits per heavy atom. The first-order valence-electron chi connectivity index (χ1n) is 5.80. The molecule has 1 saturated heterocycles. The lowest BCUT2D eigenvalue weighted by atomic mass is 9.85. The molecule has 2 nitrogen and oxygen atoms in total. The van der Waals surface area contributed by atoms with E-state index in [1.165, 1.54) is 16.7 Å². The van der Waals surface area contributed by atoms with Crippen LogP contribution in [0.2, 0.25) is 0 Å². The van der Waals surface area contributed by atoms with Gasteiger partial charge in [0.25, 0.3) is 0 Å². The van der Waals surface area contributed by atoms with Gasteiger partial charge in [0.15, 0.2) is 5.79 Å². The molecule has 3 rings (SSSR count). The first-order valence-corrected chi connectivity index (χ1v) is 6.92. The van der Waals surface area contributed by atoms with Crippen molar-refractivity contribution in [3.8, 4) is 0 Å². The van der Waals surface area contributed by atoms with Crippen LogP contribution in [0.3, 0.4) is 0 Å². The summed E-state index contributed by atoms with van der Waals surface area (Å²) in [7, 11) is 0. The van der Waals surface area contributed by atoms with E-state index in [0.717, 1.165) is 37.8 Å². The van der Waals surface area contributed by atoms with Crippen molar-refractivity contribution in [2.75, 3.05) is 13.2 Å². The maximum Gasteiger partial charge on any atom is 0.195 e. The fraction of sp³-hybridized carbons (Fsp3) is 0.538. The van der Waals surface area contributed by atoms with E-state index in [9.17, 15) is 0 Å². The Balaban J connectivity index is 2.08. The Bertz CT molecular complexity index is 397. The predicted octanol–water partition coefficient (Wildman–Crippen LogP) is 3.12. The summed E-state index contributed by atoms with van der Waals surface area (Å²) >= 11 is 3.50. The van der Waals surface area contributed by atoms with Crippen LogP contribution in [0.1, 0.15) is 29.5 Å². The van der Waals surface area contributed by atoms with Crippen LogP contribution in [0.4, 0.5) is 0 Å². The number of halogens is 1. The van der Waals surface area contributed by atoms with Crippen LogP contribution < -0.4 is 0 Å². The van der Waals surface area contributed by atoms with Gasteiger partial charge in [-0.1, -0.05) is 28.1 Å². The quantitative estimate of drug-likeness (QED) is 0.737. The van der Waals surface area contributed by atoms with Gasteiger partial charge in [-0.05, 0) is 30.0 Å². The third-order valence-electron chi connectivity index (χ3n) is 3.44. The molecule has 1 aromatic rings. The average Bonchev–Trinajstić information content (AvgIpc) is 2.79. The maximum atomic E-state index is 5.87. The van der Waals surface area contributed by atoms with E-state index in [2.05, 4.69) is 34.1 Å². The lowest BCUT2D eigenvalue weighted by Crippen LogP contribution is -2.31. The number of benzene rings is 1. The monoisotopic (exact) mass is 282 g/mol. The largest absolute Gasteiger partial charge is 0.343 e. The van der Waals surface area contributed by atoms with Crippen LogP contribution >= 0.6 is 15.9 Å². The SMILES string of the molecule is BrCc1ccc2c(c1)C1(CCC2)OCCO1. The Hall–Kier alpha value is -0.380. The first kappa shape index (κ1) is 10.8. The topological polar surface area (TPSA) is 18.5 Å². The number of rotatable bonds is 1. The Morgan fingerprint density at radius 2 is 2.06 bits per heavy atom. The van der Waals surface area contributed by atoms with Crippen molar-refractivity contribution >= 4 is 15.9 Å². The van der Waals surface area contributed by atoms with Gasteiger partial charge in [0.2, 0.25) is 0 Å². The van der Waals surface area contributed by atoms with Crippen LogP contribution in [-0.4, -0.2) is 13.2 Å². The summed E-state index contributed by atoms with van der Waals surface area (Å²) in [6.45, 7) is 1.44. The van der Waals surface area contributed by atoms with Crippen molar-refractivity contribution in [1.82, 2.24) is 0 Å². The molecule has 1 heterocycles. The highest BCUT2D eigenvalue weighted by molar-refractivity contribution is 9.08. The van der Waals surface area contributed by atoms with Crippen molar-refractivity contribution in [3.63, 3.8) is 0 Å². The summed E-state index contributed by atoms with van der Waals surface area (Å²) in [6, 6.07) is 6.63. The zero-order valence-electron chi connectivity index (χ0n) is 9.17. The second kappa shape index (κ2) is 4.13.